The Bertz CT molecular complexity index is 3330. The largest absolute Gasteiger partial charge is 0.311 e. The first-order chi connectivity index (χ1) is 33.1. The van der Waals surface area contributed by atoms with E-state index in [1.807, 2.05) is 19.1 Å². The van der Waals surface area contributed by atoms with Crippen LogP contribution in [0.2, 0.25) is 0 Å². The van der Waals surface area contributed by atoms with Crippen LogP contribution in [-0.2, 0) is 0 Å². The molecule has 0 saturated heterocycles. The molecule has 11 aromatic rings. The van der Waals surface area contributed by atoms with Crippen LogP contribution < -0.4 is 9.80 Å². The maximum atomic E-state index is 3.46. The lowest BCUT2D eigenvalue weighted by molar-refractivity contribution is 1.28. The third kappa shape index (κ3) is 9.15. The highest BCUT2D eigenvalue weighted by atomic mass is 15.1. The summed E-state index contributed by atoms with van der Waals surface area (Å²) in [5.41, 5.74) is 13.8. The monoisotopic (exact) mass is 858 g/mol. The van der Waals surface area contributed by atoms with Gasteiger partial charge < -0.3 is 9.80 Å². The first-order valence-electron chi connectivity index (χ1n) is 22.9. The van der Waals surface area contributed by atoms with Crippen LogP contribution in [0.15, 0.2) is 280 Å². The summed E-state index contributed by atoms with van der Waals surface area (Å²) in [6.45, 7) is 5.42. The third-order valence-electron chi connectivity index (χ3n) is 12.4. The van der Waals surface area contributed by atoms with Crippen molar-refractivity contribution in [3.63, 3.8) is 0 Å². The molecule has 0 heterocycles. The average Bonchev–Trinajstić information content (AvgIpc) is 3.40. The first-order valence-corrected chi connectivity index (χ1v) is 22.9. The van der Waals surface area contributed by atoms with Crippen LogP contribution >= 0.6 is 0 Å². The van der Waals surface area contributed by atoms with E-state index in [-0.39, 0.29) is 0 Å². The molecule has 0 saturated carbocycles. The zero-order valence-electron chi connectivity index (χ0n) is 37.6. The van der Waals surface area contributed by atoms with Crippen LogP contribution in [0, 0.1) is 0 Å². The maximum Gasteiger partial charge on any atom is 0.0540 e. The zero-order valence-corrected chi connectivity index (χ0v) is 37.6. The lowest BCUT2D eigenvalue weighted by atomic mass is 10.00. The van der Waals surface area contributed by atoms with Crippen molar-refractivity contribution in [3.05, 3.63) is 280 Å². The number of fused-ring (bicyclic) bond motifs is 3. The molecule has 2 nitrogen and oxygen atoms in total. The van der Waals surface area contributed by atoms with E-state index in [1.54, 1.807) is 6.08 Å². The van der Waals surface area contributed by atoms with Crippen molar-refractivity contribution in [1.29, 1.82) is 0 Å². The molecule has 67 heavy (non-hydrogen) atoms. The summed E-state index contributed by atoms with van der Waals surface area (Å²) < 4.78 is 0. The molecule has 11 aromatic carbocycles. The van der Waals surface area contributed by atoms with Crippen molar-refractivity contribution in [2.75, 3.05) is 9.80 Å². The van der Waals surface area contributed by atoms with Crippen molar-refractivity contribution >= 4 is 66.4 Å². The molecule has 320 valence electrons. The molecule has 0 aliphatic carbocycles. The standard InChI is InChI=1S/C60H42N2.C5H8/c1-2-17-54(18-3-1)62(60-20-10-16-49-13-8-9-19-59(49)60)58-39-27-46(28-40-58)45-25-33-55(34-26-45)61(56-35-29-47(30-36-56)52-23-21-43-11-4-6-14-50(43)41-52)57-37-31-48(32-38-57)53-24-22-44-12-5-7-15-51(44)42-53;1-3-5-4-2/h1-42H;3-5H,1H2,2H3/b;5-4-. The van der Waals surface area contributed by atoms with Gasteiger partial charge in [0.15, 0.2) is 0 Å². The van der Waals surface area contributed by atoms with Gasteiger partial charge in [-0.2, -0.15) is 0 Å². The quantitative estimate of drug-likeness (QED) is 0.126. The smallest absolute Gasteiger partial charge is 0.0540 e. The lowest BCUT2D eigenvalue weighted by Gasteiger charge is -2.27. The molecule has 0 N–H and O–H groups in total. The Morgan fingerprint density at radius 3 is 1.10 bits per heavy atom. The minimum atomic E-state index is 1.09. The Hall–Kier alpha value is -8.72. The summed E-state index contributed by atoms with van der Waals surface area (Å²) in [5.74, 6) is 0. The number of allylic oxidation sites excluding steroid dienone is 3. The second kappa shape index (κ2) is 19.6. The number of rotatable bonds is 10. The number of para-hydroxylation sites is 1. The average molecular weight is 859 g/mol. The van der Waals surface area contributed by atoms with Crippen LogP contribution in [0.3, 0.4) is 0 Å². The van der Waals surface area contributed by atoms with Crippen LogP contribution in [-0.4, -0.2) is 0 Å². The van der Waals surface area contributed by atoms with Crippen molar-refractivity contribution in [2.45, 2.75) is 6.92 Å². The van der Waals surface area contributed by atoms with Gasteiger partial charge in [0, 0.05) is 33.8 Å². The van der Waals surface area contributed by atoms with E-state index in [0.717, 1.165) is 45.3 Å². The molecule has 0 radical (unpaired) electrons. The third-order valence-corrected chi connectivity index (χ3v) is 12.4. The van der Waals surface area contributed by atoms with Gasteiger partial charge in [-0.3, -0.25) is 0 Å². The summed E-state index contributed by atoms with van der Waals surface area (Å²) in [7, 11) is 0. The van der Waals surface area contributed by atoms with Gasteiger partial charge in [-0.05, 0) is 146 Å². The number of benzene rings is 11. The van der Waals surface area contributed by atoms with Crippen LogP contribution in [0.1, 0.15) is 6.92 Å². The first kappa shape index (κ1) is 42.2. The molecule has 2 heteroatoms. The van der Waals surface area contributed by atoms with Gasteiger partial charge in [0.25, 0.3) is 0 Å². The Kier molecular flexibility index (Phi) is 12.3. The van der Waals surface area contributed by atoms with Gasteiger partial charge in [-0.25, -0.2) is 0 Å². The number of hydrogen-bond donors (Lipinski definition) is 0. The Morgan fingerprint density at radius 1 is 0.299 bits per heavy atom. The van der Waals surface area contributed by atoms with Gasteiger partial charge >= 0.3 is 0 Å². The molecule has 0 atom stereocenters. The predicted molar refractivity (Wildman–Crippen MR) is 290 cm³/mol. The summed E-state index contributed by atoms with van der Waals surface area (Å²) in [4.78, 5) is 4.70. The van der Waals surface area contributed by atoms with E-state index in [4.69, 9.17) is 0 Å². The molecule has 11 rings (SSSR count). The van der Waals surface area contributed by atoms with Crippen LogP contribution in [0.4, 0.5) is 34.1 Å². The minimum Gasteiger partial charge on any atom is -0.311 e. The van der Waals surface area contributed by atoms with Crippen LogP contribution in [0.25, 0.3) is 65.7 Å². The molecule has 0 aromatic heterocycles. The van der Waals surface area contributed by atoms with Gasteiger partial charge in [0.2, 0.25) is 0 Å². The molecule has 0 aliphatic rings. The highest BCUT2D eigenvalue weighted by Crippen LogP contribution is 2.41. The summed E-state index contributed by atoms with van der Waals surface area (Å²) in [6.07, 6.45) is 5.58. The molecule has 0 amide bonds. The fourth-order valence-corrected chi connectivity index (χ4v) is 8.94. The second-order valence-electron chi connectivity index (χ2n) is 16.6. The van der Waals surface area contributed by atoms with E-state index < -0.39 is 0 Å². The van der Waals surface area contributed by atoms with Crippen molar-refractivity contribution in [1.82, 2.24) is 0 Å². The van der Waals surface area contributed by atoms with E-state index in [1.165, 1.54) is 54.6 Å². The molecule has 0 aliphatic heterocycles. The Labute approximate surface area is 394 Å². The fourth-order valence-electron chi connectivity index (χ4n) is 8.94. The normalized spacial score (nSPS) is 11.1. The Morgan fingerprint density at radius 2 is 0.657 bits per heavy atom. The molecule has 0 spiro atoms. The number of hydrogen-bond acceptors (Lipinski definition) is 2. The van der Waals surface area contributed by atoms with Crippen molar-refractivity contribution in [2.24, 2.45) is 0 Å². The zero-order chi connectivity index (χ0) is 45.4. The maximum absolute atomic E-state index is 3.46. The van der Waals surface area contributed by atoms with Gasteiger partial charge in [0.05, 0.1) is 5.69 Å². The molecular weight excluding hydrogens is 809 g/mol. The molecule has 0 bridgehead atoms. The highest BCUT2D eigenvalue weighted by molar-refractivity contribution is 5.99. The minimum absolute atomic E-state index is 1.09. The summed E-state index contributed by atoms with van der Waals surface area (Å²) in [6, 6.07) is 92.1. The molecule has 0 fully saturated rings. The molecular formula is C65H50N2. The summed E-state index contributed by atoms with van der Waals surface area (Å²) in [5, 5.41) is 7.43. The predicted octanol–water partition coefficient (Wildman–Crippen LogP) is 18.8. The van der Waals surface area contributed by atoms with Gasteiger partial charge in [-0.1, -0.05) is 201 Å². The van der Waals surface area contributed by atoms with E-state index in [9.17, 15) is 0 Å². The topological polar surface area (TPSA) is 6.48 Å². The number of nitrogens with zero attached hydrogens (tertiary/aromatic N) is 2. The summed E-state index contributed by atoms with van der Waals surface area (Å²) >= 11 is 0. The van der Waals surface area contributed by atoms with E-state index in [0.29, 0.717) is 0 Å². The lowest BCUT2D eigenvalue weighted by Crippen LogP contribution is -2.10. The second-order valence-corrected chi connectivity index (χ2v) is 16.6. The fraction of sp³-hybridized carbons (Fsp3) is 0.0154. The van der Waals surface area contributed by atoms with Gasteiger partial charge in [0.1, 0.15) is 0 Å². The molecule has 0 unspecified atom stereocenters. The van der Waals surface area contributed by atoms with Crippen LogP contribution in [0.5, 0.6) is 0 Å². The van der Waals surface area contributed by atoms with E-state index in [2.05, 4.69) is 271 Å². The van der Waals surface area contributed by atoms with E-state index >= 15 is 0 Å². The highest BCUT2D eigenvalue weighted by Gasteiger charge is 2.17. The SMILES string of the molecule is C=C/C=C\C.c1ccc(N(c2ccc(-c3ccc(N(c4ccc(-c5ccc6ccccc6c5)cc4)c4ccc(-c5ccc6ccccc6c5)cc4)cc3)cc2)c2cccc3ccccc23)cc1. The Balaban J connectivity index is 0.000000999. The van der Waals surface area contributed by atoms with Crippen molar-refractivity contribution < 1.29 is 0 Å². The van der Waals surface area contributed by atoms with Gasteiger partial charge in [-0.15, -0.1) is 0 Å². The van der Waals surface area contributed by atoms with Crippen molar-refractivity contribution in [3.8, 4) is 33.4 Å². The number of anilines is 6.